The summed E-state index contributed by atoms with van der Waals surface area (Å²) < 4.78 is 0. The molecule has 0 aromatic heterocycles. The van der Waals surface area contributed by atoms with E-state index in [-0.39, 0.29) is 5.41 Å². The molecule has 0 saturated heterocycles. The highest BCUT2D eigenvalue weighted by Crippen LogP contribution is 2.65. The average molecular weight is 507 g/mol. The van der Waals surface area contributed by atoms with Crippen LogP contribution in [0.15, 0.2) is 140 Å². The highest BCUT2D eigenvalue weighted by molar-refractivity contribution is 6.09. The van der Waals surface area contributed by atoms with Crippen LogP contribution >= 0.6 is 0 Å². The van der Waals surface area contributed by atoms with Gasteiger partial charge in [0, 0.05) is 0 Å². The van der Waals surface area contributed by atoms with Gasteiger partial charge in [0.2, 0.25) is 0 Å². The maximum Gasteiger partial charge on any atom is 0.0737 e. The van der Waals surface area contributed by atoms with E-state index in [0.717, 1.165) is 0 Å². The lowest BCUT2D eigenvalue weighted by atomic mass is 9.68. The number of aryl methyl sites for hydroxylation is 1. The van der Waals surface area contributed by atoms with Gasteiger partial charge in [-0.1, -0.05) is 139 Å². The van der Waals surface area contributed by atoms with Crippen molar-refractivity contribution < 1.29 is 0 Å². The van der Waals surface area contributed by atoms with E-state index in [4.69, 9.17) is 0 Å². The van der Waals surface area contributed by atoms with Gasteiger partial charge in [0.1, 0.15) is 0 Å². The fourth-order valence-corrected chi connectivity index (χ4v) is 7.68. The molecular weight excluding hydrogens is 480 g/mol. The highest BCUT2D eigenvalue weighted by Gasteiger charge is 2.53. The summed E-state index contributed by atoms with van der Waals surface area (Å²) in [4.78, 5) is 0. The van der Waals surface area contributed by atoms with Crippen LogP contribution in [0.4, 0.5) is 0 Å². The first-order chi connectivity index (χ1) is 19.7. The van der Waals surface area contributed by atoms with Gasteiger partial charge in [-0.15, -0.1) is 0 Å². The molecule has 7 aromatic rings. The van der Waals surface area contributed by atoms with Crippen LogP contribution in [0.2, 0.25) is 0 Å². The van der Waals surface area contributed by atoms with Crippen LogP contribution in [0.1, 0.15) is 27.8 Å². The van der Waals surface area contributed by atoms with Crippen molar-refractivity contribution in [3.63, 3.8) is 0 Å². The summed E-state index contributed by atoms with van der Waals surface area (Å²) in [5.74, 6) is 0. The second-order valence-electron chi connectivity index (χ2n) is 11.3. The zero-order valence-corrected chi connectivity index (χ0v) is 22.3. The Morgan fingerprint density at radius 2 is 0.950 bits per heavy atom. The fraction of sp³-hybridized carbons (Fsp3) is 0.0500. The van der Waals surface area contributed by atoms with E-state index < -0.39 is 0 Å². The Morgan fingerprint density at radius 1 is 0.400 bits per heavy atom. The summed E-state index contributed by atoms with van der Waals surface area (Å²) in [7, 11) is 0. The molecule has 186 valence electrons. The van der Waals surface area contributed by atoms with Crippen LogP contribution in [0.5, 0.6) is 0 Å². The normalized spacial score (nSPS) is 13.8. The number of fused-ring (bicyclic) bond motifs is 14. The minimum absolute atomic E-state index is 0.371. The van der Waals surface area contributed by atoms with Crippen molar-refractivity contribution in [1.82, 2.24) is 0 Å². The van der Waals surface area contributed by atoms with E-state index in [0.29, 0.717) is 0 Å². The van der Waals surface area contributed by atoms with E-state index >= 15 is 0 Å². The van der Waals surface area contributed by atoms with Crippen molar-refractivity contribution in [3.05, 3.63) is 167 Å². The monoisotopic (exact) mass is 506 g/mol. The molecule has 0 nitrogen and oxygen atoms in total. The molecule has 0 amide bonds. The fourth-order valence-electron chi connectivity index (χ4n) is 7.68. The summed E-state index contributed by atoms with van der Waals surface area (Å²) in [6.07, 6.45) is 0. The van der Waals surface area contributed by atoms with E-state index in [1.807, 2.05) is 0 Å². The second kappa shape index (κ2) is 7.81. The largest absolute Gasteiger partial charge is 0.0737 e. The topological polar surface area (TPSA) is 0 Å². The van der Waals surface area contributed by atoms with Crippen LogP contribution in [0, 0.1) is 6.92 Å². The number of hydrogen-bond acceptors (Lipinski definition) is 0. The molecule has 0 N–H and O–H groups in total. The molecule has 0 bridgehead atoms. The average Bonchev–Trinajstić information content (AvgIpc) is 3.49. The molecular formula is C40H26. The minimum Gasteiger partial charge on any atom is -0.0619 e. The van der Waals surface area contributed by atoms with E-state index in [1.54, 1.807) is 0 Å². The van der Waals surface area contributed by atoms with Crippen LogP contribution < -0.4 is 0 Å². The Balaban J connectivity index is 1.45. The zero-order chi connectivity index (χ0) is 26.4. The molecule has 0 atom stereocenters. The third kappa shape index (κ3) is 2.66. The molecule has 0 heteroatoms. The van der Waals surface area contributed by atoms with Crippen molar-refractivity contribution in [1.29, 1.82) is 0 Å². The van der Waals surface area contributed by atoms with E-state index in [2.05, 4.69) is 146 Å². The number of benzene rings is 7. The Hall–Kier alpha value is -4.94. The Morgan fingerprint density at radius 3 is 1.65 bits per heavy atom. The molecule has 0 fully saturated rings. The summed E-state index contributed by atoms with van der Waals surface area (Å²) in [5, 5.41) is 5.25. The molecule has 0 radical (unpaired) electrons. The Labute approximate surface area is 234 Å². The first-order valence-electron chi connectivity index (χ1n) is 14.1. The molecule has 0 aliphatic heterocycles. The second-order valence-corrected chi connectivity index (χ2v) is 11.3. The summed E-state index contributed by atoms with van der Waals surface area (Å²) in [6.45, 7) is 2.14. The van der Waals surface area contributed by atoms with Crippen LogP contribution in [-0.4, -0.2) is 0 Å². The lowest BCUT2D eigenvalue weighted by Crippen LogP contribution is -2.26. The molecule has 1 spiro atoms. The van der Waals surface area contributed by atoms with Gasteiger partial charge in [-0.3, -0.25) is 0 Å². The van der Waals surface area contributed by atoms with Gasteiger partial charge in [0.15, 0.2) is 0 Å². The van der Waals surface area contributed by atoms with Gasteiger partial charge in [-0.05, 0) is 90.2 Å². The van der Waals surface area contributed by atoms with E-state index in [1.165, 1.54) is 82.7 Å². The molecule has 2 aliphatic rings. The molecule has 0 heterocycles. The van der Waals surface area contributed by atoms with E-state index in [9.17, 15) is 0 Å². The summed E-state index contributed by atoms with van der Waals surface area (Å²) in [6, 6.07) is 52.4. The number of rotatable bonds is 1. The van der Waals surface area contributed by atoms with Gasteiger partial charge < -0.3 is 0 Å². The Kier molecular flexibility index (Phi) is 4.28. The first kappa shape index (κ1) is 21.9. The SMILES string of the molecule is Cc1ccc(-c2ccc3c4c(ccc3c2)-c2ccc3ccccc3c2C42c3ccccc3-c3ccccc32)cc1. The molecule has 0 unspecified atom stereocenters. The molecule has 0 saturated carbocycles. The summed E-state index contributed by atoms with van der Waals surface area (Å²) >= 11 is 0. The van der Waals surface area contributed by atoms with Crippen LogP contribution in [-0.2, 0) is 5.41 Å². The third-order valence-electron chi connectivity index (χ3n) is 9.33. The van der Waals surface area contributed by atoms with Crippen molar-refractivity contribution in [3.8, 4) is 33.4 Å². The predicted octanol–water partition coefficient (Wildman–Crippen LogP) is 10.3. The van der Waals surface area contributed by atoms with Gasteiger partial charge in [-0.2, -0.15) is 0 Å². The Bertz CT molecular complexity index is 2120. The lowest BCUT2D eigenvalue weighted by molar-refractivity contribution is 0.809. The molecule has 9 rings (SSSR count). The van der Waals surface area contributed by atoms with Crippen molar-refractivity contribution in [2.24, 2.45) is 0 Å². The molecule has 2 aliphatic carbocycles. The first-order valence-corrected chi connectivity index (χ1v) is 14.1. The quantitative estimate of drug-likeness (QED) is 0.208. The molecule has 7 aromatic carbocycles. The van der Waals surface area contributed by atoms with Crippen molar-refractivity contribution >= 4 is 21.5 Å². The van der Waals surface area contributed by atoms with Gasteiger partial charge >= 0.3 is 0 Å². The minimum atomic E-state index is -0.371. The van der Waals surface area contributed by atoms with Gasteiger partial charge in [0.25, 0.3) is 0 Å². The standard InChI is InChI=1S/C40H26/c1-25-14-16-26(17-15-25)28-19-21-31-29(24-28)20-23-35-34-22-18-27-8-2-3-9-30(27)38(34)40(39(31)35)36-12-6-4-10-32(36)33-11-5-7-13-37(33)40/h2-24H,1H3. The van der Waals surface area contributed by atoms with Gasteiger partial charge in [-0.25, -0.2) is 0 Å². The predicted molar refractivity (Wildman–Crippen MR) is 168 cm³/mol. The maximum atomic E-state index is 2.38. The van der Waals surface area contributed by atoms with Crippen LogP contribution in [0.3, 0.4) is 0 Å². The summed E-state index contributed by atoms with van der Waals surface area (Å²) in [5.41, 5.74) is 14.5. The number of hydrogen-bond donors (Lipinski definition) is 0. The van der Waals surface area contributed by atoms with Crippen LogP contribution in [0.25, 0.3) is 54.9 Å². The maximum absolute atomic E-state index is 2.38. The highest BCUT2D eigenvalue weighted by atomic mass is 14.5. The van der Waals surface area contributed by atoms with Crippen molar-refractivity contribution in [2.45, 2.75) is 12.3 Å². The van der Waals surface area contributed by atoms with Gasteiger partial charge in [0.05, 0.1) is 5.41 Å². The van der Waals surface area contributed by atoms with Crippen molar-refractivity contribution in [2.75, 3.05) is 0 Å². The molecule has 40 heavy (non-hydrogen) atoms. The zero-order valence-electron chi connectivity index (χ0n) is 22.3. The smallest absolute Gasteiger partial charge is 0.0619 e. The lowest BCUT2D eigenvalue weighted by Gasteiger charge is -2.32. The third-order valence-corrected chi connectivity index (χ3v) is 9.33.